The van der Waals surface area contributed by atoms with Crippen molar-refractivity contribution >= 4 is 11.9 Å². The quantitative estimate of drug-likeness (QED) is 0.382. The van der Waals surface area contributed by atoms with E-state index in [1.54, 1.807) is 12.3 Å². The lowest BCUT2D eigenvalue weighted by Crippen LogP contribution is -2.16. The topological polar surface area (TPSA) is 15.3 Å². The predicted octanol–water partition coefficient (Wildman–Crippen LogP) is 1.20. The number of hydrogen-bond acceptors (Lipinski definition) is 3. The zero-order valence-electron chi connectivity index (χ0n) is 3.81. The summed E-state index contributed by atoms with van der Waals surface area (Å²) in [5.74, 6) is 0. The van der Waals surface area contributed by atoms with Gasteiger partial charge >= 0.3 is 0 Å². The van der Waals surface area contributed by atoms with E-state index < -0.39 is 0 Å². The zero-order chi connectivity index (χ0) is 5.28. The molecule has 0 unspecified atom stereocenters. The minimum atomic E-state index is 0.477. The van der Waals surface area contributed by atoms with Crippen molar-refractivity contribution in [1.82, 2.24) is 10.1 Å². The highest BCUT2D eigenvalue weighted by molar-refractivity contribution is 8.00. The van der Waals surface area contributed by atoms with Crippen LogP contribution in [0.4, 0.5) is 4.48 Å². The molecule has 1 aliphatic rings. The first-order valence-corrected chi connectivity index (χ1v) is 2.72. The van der Waals surface area contributed by atoms with Gasteiger partial charge in [0.15, 0.2) is 0 Å². The van der Waals surface area contributed by atoms with Gasteiger partial charge in [0.05, 0.1) is 5.70 Å². The summed E-state index contributed by atoms with van der Waals surface area (Å²) in [6.45, 7) is 1.69. The summed E-state index contributed by atoms with van der Waals surface area (Å²) in [5, 5.41) is 2.17. The van der Waals surface area contributed by atoms with E-state index in [1.807, 2.05) is 0 Å². The summed E-state index contributed by atoms with van der Waals surface area (Å²) in [7, 11) is 0. The van der Waals surface area contributed by atoms with Crippen molar-refractivity contribution in [3.05, 3.63) is 11.1 Å². The van der Waals surface area contributed by atoms with E-state index in [0.717, 1.165) is 0 Å². The Hall–Kier alpha value is -0.220. The molecule has 0 spiro atoms. The van der Waals surface area contributed by atoms with Crippen molar-refractivity contribution in [2.75, 3.05) is 0 Å². The molecule has 0 atom stereocenters. The third kappa shape index (κ3) is 0.863. The number of allylic oxidation sites excluding steroid dienone is 1. The second kappa shape index (κ2) is 1.71. The van der Waals surface area contributed by atoms with Crippen LogP contribution in [0.3, 0.4) is 0 Å². The van der Waals surface area contributed by atoms with E-state index in [2.05, 4.69) is 4.83 Å². The Kier molecular flexibility index (Phi) is 1.21. The largest absolute Gasteiger partial charge is 0.144 e. The molecule has 0 radical (unpaired) electrons. The van der Waals surface area contributed by atoms with Crippen LogP contribution in [0.15, 0.2) is 11.1 Å². The van der Waals surface area contributed by atoms with Gasteiger partial charge in [0.1, 0.15) is 0 Å². The number of nitrogens with zero attached hydrogens (tertiary/aromatic N) is 1. The number of halogens is 1. The zero-order valence-corrected chi connectivity index (χ0v) is 4.63. The van der Waals surface area contributed by atoms with Gasteiger partial charge in [-0.15, -0.1) is 10.1 Å². The first-order valence-electron chi connectivity index (χ1n) is 1.84. The summed E-state index contributed by atoms with van der Waals surface area (Å²) in [6, 6.07) is 0. The normalized spacial score (nSPS) is 20.3. The molecule has 4 heteroatoms. The van der Waals surface area contributed by atoms with Crippen LogP contribution in [-0.2, 0) is 0 Å². The van der Waals surface area contributed by atoms with Crippen LogP contribution in [0, 0.1) is 0 Å². The van der Waals surface area contributed by atoms with Crippen molar-refractivity contribution < 1.29 is 4.48 Å². The minimum absolute atomic E-state index is 0.477. The van der Waals surface area contributed by atoms with Gasteiger partial charge < -0.3 is 0 Å². The average molecular weight is 120 g/mol. The van der Waals surface area contributed by atoms with Gasteiger partial charge in [-0.25, -0.2) is 0 Å². The Labute approximate surface area is 45.4 Å². The lowest BCUT2D eigenvalue weighted by molar-refractivity contribution is 0.0532. The summed E-state index contributed by atoms with van der Waals surface area (Å²) in [4.78, 5) is 2.36. The molecule has 0 aromatic heterocycles. The number of nitrogens with one attached hydrogen (secondary N) is 1. The van der Waals surface area contributed by atoms with Gasteiger partial charge in [0, 0.05) is 5.41 Å². The van der Waals surface area contributed by atoms with E-state index in [9.17, 15) is 4.48 Å². The van der Waals surface area contributed by atoms with Crippen LogP contribution < -0.4 is 4.83 Å². The van der Waals surface area contributed by atoms with E-state index in [1.165, 1.54) is 11.9 Å². The number of hydrazine groups is 1. The van der Waals surface area contributed by atoms with Crippen LogP contribution in [0.5, 0.6) is 0 Å². The maximum Gasteiger partial charge on any atom is 0.0704 e. The molecule has 0 aromatic carbocycles. The smallest absolute Gasteiger partial charge is 0.0704 e. The molecule has 0 aromatic rings. The fraction of sp³-hybridized carbons (Fsp3) is 0.333. The summed E-state index contributed by atoms with van der Waals surface area (Å²) < 4.78 is 12.0. The van der Waals surface area contributed by atoms with Gasteiger partial charge in [-0.3, -0.25) is 0 Å². The molecular formula is C3H5FN2S. The van der Waals surface area contributed by atoms with Gasteiger partial charge in [0.25, 0.3) is 0 Å². The van der Waals surface area contributed by atoms with Crippen LogP contribution in [0.25, 0.3) is 0 Å². The first kappa shape index (κ1) is 4.93. The molecule has 0 saturated carbocycles. The minimum Gasteiger partial charge on any atom is -0.144 e. The first-order chi connectivity index (χ1) is 3.30. The van der Waals surface area contributed by atoms with Crippen molar-refractivity contribution in [3.8, 4) is 0 Å². The van der Waals surface area contributed by atoms with Crippen LogP contribution in [0.1, 0.15) is 6.92 Å². The molecule has 0 bridgehead atoms. The Morgan fingerprint density at radius 3 is 2.86 bits per heavy atom. The van der Waals surface area contributed by atoms with Crippen LogP contribution in [0.2, 0.25) is 0 Å². The van der Waals surface area contributed by atoms with Crippen molar-refractivity contribution in [1.29, 1.82) is 0 Å². The average Bonchev–Trinajstić information content (AvgIpc) is 1.91. The highest BCUT2D eigenvalue weighted by atomic mass is 32.2. The lowest BCUT2D eigenvalue weighted by atomic mass is 10.6. The van der Waals surface area contributed by atoms with Gasteiger partial charge in [0.2, 0.25) is 0 Å². The molecule has 0 saturated heterocycles. The molecule has 1 rings (SSSR count). The molecule has 1 heterocycles. The summed E-state index contributed by atoms with van der Waals surface area (Å²) >= 11 is 1.23. The molecule has 2 nitrogen and oxygen atoms in total. The van der Waals surface area contributed by atoms with E-state index >= 15 is 0 Å². The van der Waals surface area contributed by atoms with Gasteiger partial charge in [-0.05, 0) is 18.9 Å². The van der Waals surface area contributed by atoms with Crippen LogP contribution in [-0.4, -0.2) is 5.23 Å². The SMILES string of the molecule is CC1=CSNN1F. The fourth-order valence-corrected chi connectivity index (χ4v) is 0.829. The number of hydrogen-bond donors (Lipinski definition) is 1. The second-order valence-electron chi connectivity index (χ2n) is 1.25. The molecule has 0 fully saturated rings. The molecule has 0 aliphatic carbocycles. The Balaban J connectivity index is 2.54. The number of rotatable bonds is 0. The Morgan fingerprint density at radius 1 is 2.00 bits per heavy atom. The monoisotopic (exact) mass is 120 g/mol. The van der Waals surface area contributed by atoms with Crippen molar-refractivity contribution in [3.63, 3.8) is 0 Å². The summed E-state index contributed by atoms with van der Waals surface area (Å²) in [6.07, 6.45) is 0. The van der Waals surface area contributed by atoms with Gasteiger partial charge in [-0.2, -0.15) is 0 Å². The standard InChI is InChI=1S/C3H5FN2S/c1-3-2-7-5-6(3)4/h2,5H,1H3. The molecular weight excluding hydrogens is 115 g/mol. The van der Waals surface area contributed by atoms with Gasteiger partial charge in [-0.1, -0.05) is 4.48 Å². The maximum absolute atomic E-state index is 12.0. The van der Waals surface area contributed by atoms with Crippen molar-refractivity contribution in [2.24, 2.45) is 0 Å². The predicted molar refractivity (Wildman–Crippen MR) is 27.4 cm³/mol. The maximum atomic E-state index is 12.0. The van der Waals surface area contributed by atoms with E-state index in [4.69, 9.17) is 0 Å². The third-order valence-electron chi connectivity index (χ3n) is 0.672. The molecule has 1 aliphatic heterocycles. The van der Waals surface area contributed by atoms with Crippen LogP contribution >= 0.6 is 11.9 Å². The fourth-order valence-electron chi connectivity index (χ4n) is 0.276. The highest BCUT2D eigenvalue weighted by Crippen LogP contribution is 2.15. The van der Waals surface area contributed by atoms with E-state index in [0.29, 0.717) is 10.9 Å². The molecule has 7 heavy (non-hydrogen) atoms. The third-order valence-corrected chi connectivity index (χ3v) is 1.40. The highest BCUT2D eigenvalue weighted by Gasteiger charge is 2.07. The molecule has 0 amide bonds. The van der Waals surface area contributed by atoms with Crippen molar-refractivity contribution in [2.45, 2.75) is 6.92 Å². The molecule has 1 N–H and O–H groups in total. The summed E-state index contributed by atoms with van der Waals surface area (Å²) in [5.41, 5.74) is 0.602. The lowest BCUT2D eigenvalue weighted by Gasteiger charge is -2.02. The Bertz CT molecular complexity index is 103. The Morgan fingerprint density at radius 2 is 2.71 bits per heavy atom. The molecule has 40 valence electrons. The van der Waals surface area contributed by atoms with E-state index in [-0.39, 0.29) is 0 Å². The second-order valence-corrected chi connectivity index (χ2v) is 1.90.